The predicted octanol–water partition coefficient (Wildman–Crippen LogP) is 0.987. The highest BCUT2D eigenvalue weighted by Crippen LogP contribution is 2.18. The van der Waals surface area contributed by atoms with Crippen LogP contribution in [0.25, 0.3) is 10.8 Å². The summed E-state index contributed by atoms with van der Waals surface area (Å²) in [5, 5.41) is 10.4. The maximum atomic E-state index is 12.3. The molecule has 0 atom stereocenters. The highest BCUT2D eigenvalue weighted by atomic mass is 32.2. The third-order valence-corrected chi connectivity index (χ3v) is 4.99. The topological polar surface area (TPSA) is 139 Å². The fourth-order valence-electron chi connectivity index (χ4n) is 2.21. The van der Waals surface area contributed by atoms with Crippen LogP contribution in [0.2, 0.25) is 0 Å². The van der Waals surface area contributed by atoms with Crippen molar-refractivity contribution < 1.29 is 22.7 Å². The summed E-state index contributed by atoms with van der Waals surface area (Å²) in [7, 11) is -3.94. The Bertz CT molecular complexity index is 1060. The summed E-state index contributed by atoms with van der Waals surface area (Å²) in [6.45, 7) is 0.0135. The lowest BCUT2D eigenvalue weighted by molar-refractivity contribution is -0.145. The Hall–Kier alpha value is -3.22. The van der Waals surface area contributed by atoms with Gasteiger partial charge in [-0.3, -0.25) is 9.59 Å². The standard InChI is InChI=1S/C18H17N3O5S/c1-12(20)16(9-19)17(22)11-26-18(23)10-21-27(24,25)15-7-6-13-4-2-3-5-14(13)8-15/h2-8,21H,10-11,20H2,1H3/b16-12+. The lowest BCUT2D eigenvalue weighted by Crippen LogP contribution is -2.31. The molecule has 2 rings (SSSR count). The fourth-order valence-corrected chi connectivity index (χ4v) is 3.22. The normalized spacial score (nSPS) is 12.1. The third kappa shape index (κ3) is 5.13. The van der Waals surface area contributed by atoms with E-state index in [1.54, 1.807) is 24.3 Å². The first-order valence-electron chi connectivity index (χ1n) is 7.78. The van der Waals surface area contributed by atoms with Gasteiger partial charge in [-0.25, -0.2) is 8.42 Å². The van der Waals surface area contributed by atoms with Gasteiger partial charge in [0.2, 0.25) is 15.8 Å². The monoisotopic (exact) mass is 387 g/mol. The van der Waals surface area contributed by atoms with Crippen molar-refractivity contribution in [3.05, 3.63) is 53.7 Å². The maximum Gasteiger partial charge on any atom is 0.321 e. The predicted molar refractivity (Wildman–Crippen MR) is 97.6 cm³/mol. The number of hydrogen-bond donors (Lipinski definition) is 2. The molecule has 9 heteroatoms. The van der Waals surface area contributed by atoms with Crippen molar-refractivity contribution in [1.29, 1.82) is 5.26 Å². The molecule has 0 bridgehead atoms. The summed E-state index contributed by atoms with van der Waals surface area (Å²) >= 11 is 0. The van der Waals surface area contributed by atoms with Crippen LogP contribution in [-0.4, -0.2) is 33.3 Å². The average Bonchev–Trinajstić information content (AvgIpc) is 2.64. The fraction of sp³-hybridized carbons (Fsp3) is 0.167. The van der Waals surface area contributed by atoms with Crippen LogP contribution >= 0.6 is 0 Å². The van der Waals surface area contributed by atoms with Gasteiger partial charge in [-0.2, -0.15) is 9.98 Å². The molecule has 0 saturated heterocycles. The number of carbonyl (C=O) groups is 2. The minimum Gasteiger partial charge on any atom is -0.456 e. The molecule has 0 aliphatic heterocycles. The quantitative estimate of drug-likeness (QED) is 0.410. The zero-order valence-electron chi connectivity index (χ0n) is 14.4. The zero-order chi connectivity index (χ0) is 20.0. The first kappa shape index (κ1) is 20.1. The van der Waals surface area contributed by atoms with Crippen LogP contribution in [0.15, 0.2) is 58.6 Å². The number of nitrogens with zero attached hydrogens (tertiary/aromatic N) is 1. The number of nitriles is 1. The molecule has 0 fully saturated rings. The van der Waals surface area contributed by atoms with Crippen LogP contribution < -0.4 is 10.5 Å². The molecule has 0 radical (unpaired) electrons. The number of rotatable bonds is 7. The molecule has 0 spiro atoms. The van der Waals surface area contributed by atoms with Gasteiger partial charge in [-0.05, 0) is 29.8 Å². The third-order valence-electron chi connectivity index (χ3n) is 3.59. The van der Waals surface area contributed by atoms with Gasteiger partial charge in [-0.1, -0.05) is 30.3 Å². The first-order chi connectivity index (χ1) is 12.7. The van der Waals surface area contributed by atoms with Gasteiger partial charge in [0.25, 0.3) is 0 Å². The Labute approximate surface area is 156 Å². The molecular formula is C18H17N3O5S. The molecule has 0 aliphatic carbocycles. The van der Waals surface area contributed by atoms with E-state index in [9.17, 15) is 18.0 Å². The summed E-state index contributed by atoms with van der Waals surface area (Å²) in [5.74, 6) is -1.72. The van der Waals surface area contributed by atoms with Crippen molar-refractivity contribution in [3.63, 3.8) is 0 Å². The second kappa shape index (κ2) is 8.44. The SMILES string of the molecule is C/C(N)=C(/C#N)C(=O)COC(=O)CNS(=O)(=O)c1ccc2ccccc2c1. The van der Waals surface area contributed by atoms with Crippen molar-refractivity contribution in [2.24, 2.45) is 5.73 Å². The maximum absolute atomic E-state index is 12.3. The van der Waals surface area contributed by atoms with Crippen LogP contribution in [0.4, 0.5) is 0 Å². The molecule has 0 unspecified atom stereocenters. The van der Waals surface area contributed by atoms with E-state index in [1.165, 1.54) is 19.1 Å². The number of nitrogens with two attached hydrogens (primary N) is 1. The smallest absolute Gasteiger partial charge is 0.321 e. The Balaban J connectivity index is 1.98. The molecule has 27 heavy (non-hydrogen) atoms. The number of ether oxygens (including phenoxy) is 1. The molecule has 2 aromatic carbocycles. The number of sulfonamides is 1. The number of hydrogen-bond acceptors (Lipinski definition) is 7. The molecule has 0 aliphatic rings. The molecule has 0 amide bonds. The van der Waals surface area contributed by atoms with E-state index in [-0.39, 0.29) is 16.2 Å². The highest BCUT2D eigenvalue weighted by molar-refractivity contribution is 7.89. The van der Waals surface area contributed by atoms with Crippen molar-refractivity contribution >= 4 is 32.5 Å². The number of fused-ring (bicyclic) bond motifs is 1. The molecule has 0 heterocycles. The van der Waals surface area contributed by atoms with E-state index >= 15 is 0 Å². The molecule has 2 aromatic rings. The summed E-state index contributed by atoms with van der Waals surface area (Å²) in [5.41, 5.74) is 5.08. The molecule has 0 aromatic heterocycles. The van der Waals surface area contributed by atoms with E-state index in [0.29, 0.717) is 0 Å². The van der Waals surface area contributed by atoms with Crippen LogP contribution in [0.3, 0.4) is 0 Å². The second-order valence-electron chi connectivity index (χ2n) is 5.59. The number of benzene rings is 2. The summed E-state index contributed by atoms with van der Waals surface area (Å²) in [6.07, 6.45) is 0. The highest BCUT2D eigenvalue weighted by Gasteiger charge is 2.18. The largest absolute Gasteiger partial charge is 0.456 e. The van der Waals surface area contributed by atoms with E-state index in [1.807, 2.05) is 12.1 Å². The van der Waals surface area contributed by atoms with Crippen LogP contribution in [-0.2, 0) is 24.3 Å². The Morgan fingerprint density at radius 2 is 1.85 bits per heavy atom. The molecule has 3 N–H and O–H groups in total. The molecule has 8 nitrogen and oxygen atoms in total. The Kier molecular flexibility index (Phi) is 6.28. The molecular weight excluding hydrogens is 370 g/mol. The second-order valence-corrected chi connectivity index (χ2v) is 7.35. The van der Waals surface area contributed by atoms with Crippen LogP contribution in [0, 0.1) is 11.3 Å². The van der Waals surface area contributed by atoms with Crippen molar-refractivity contribution in [1.82, 2.24) is 4.72 Å². The van der Waals surface area contributed by atoms with Gasteiger partial charge in [0.05, 0.1) is 4.90 Å². The van der Waals surface area contributed by atoms with Crippen molar-refractivity contribution in [2.75, 3.05) is 13.2 Å². The van der Waals surface area contributed by atoms with E-state index in [4.69, 9.17) is 11.0 Å². The minimum atomic E-state index is -3.94. The lowest BCUT2D eigenvalue weighted by Gasteiger charge is -2.08. The Morgan fingerprint density at radius 1 is 1.19 bits per heavy atom. The average molecular weight is 387 g/mol. The minimum absolute atomic E-state index is 0.00136. The summed E-state index contributed by atoms with van der Waals surface area (Å²) in [4.78, 5) is 23.4. The molecule has 0 saturated carbocycles. The Morgan fingerprint density at radius 3 is 2.48 bits per heavy atom. The van der Waals surface area contributed by atoms with Crippen molar-refractivity contribution in [3.8, 4) is 6.07 Å². The number of esters is 1. The lowest BCUT2D eigenvalue weighted by atomic mass is 10.1. The van der Waals surface area contributed by atoms with Gasteiger partial charge < -0.3 is 10.5 Å². The van der Waals surface area contributed by atoms with Gasteiger partial charge >= 0.3 is 5.97 Å². The summed E-state index contributed by atoms with van der Waals surface area (Å²) in [6, 6.07) is 13.4. The first-order valence-corrected chi connectivity index (χ1v) is 9.26. The van der Waals surface area contributed by atoms with Crippen LogP contribution in [0.5, 0.6) is 0 Å². The number of carbonyl (C=O) groups excluding carboxylic acids is 2. The molecule has 140 valence electrons. The number of ketones is 1. The van der Waals surface area contributed by atoms with E-state index < -0.39 is 34.9 Å². The van der Waals surface area contributed by atoms with E-state index in [2.05, 4.69) is 9.46 Å². The van der Waals surface area contributed by atoms with Gasteiger partial charge in [-0.15, -0.1) is 0 Å². The van der Waals surface area contributed by atoms with E-state index in [0.717, 1.165) is 10.8 Å². The van der Waals surface area contributed by atoms with Crippen molar-refractivity contribution in [2.45, 2.75) is 11.8 Å². The number of allylic oxidation sites excluding steroid dienone is 1. The number of nitrogens with one attached hydrogen (secondary N) is 1. The van der Waals surface area contributed by atoms with Gasteiger partial charge in [0, 0.05) is 5.70 Å². The van der Waals surface area contributed by atoms with Gasteiger partial charge in [0.15, 0.2) is 6.61 Å². The number of Topliss-reactive ketones (excluding diaryl/α,β-unsaturated/α-hetero) is 1. The van der Waals surface area contributed by atoms with Gasteiger partial charge in [0.1, 0.15) is 18.2 Å². The van der Waals surface area contributed by atoms with Crippen LogP contribution in [0.1, 0.15) is 6.92 Å². The zero-order valence-corrected chi connectivity index (χ0v) is 15.2. The summed E-state index contributed by atoms with van der Waals surface area (Å²) < 4.78 is 31.4.